The number of hydrogen-bond acceptors (Lipinski definition) is 3. The van der Waals surface area contributed by atoms with E-state index in [9.17, 15) is 5.11 Å². The summed E-state index contributed by atoms with van der Waals surface area (Å²) in [6.45, 7) is 5.21. The number of nitrogens with zero attached hydrogens (tertiary/aromatic N) is 2. The van der Waals surface area contributed by atoms with Gasteiger partial charge in [-0.1, -0.05) is 0 Å². The first-order valence-corrected chi connectivity index (χ1v) is 5.61. The molecule has 2 fully saturated rings. The molecule has 0 bridgehead atoms. The highest BCUT2D eigenvalue weighted by molar-refractivity contribution is 4.97. The van der Waals surface area contributed by atoms with Crippen molar-refractivity contribution in [2.45, 2.75) is 12.8 Å². The fraction of sp³-hybridized carbons (Fsp3) is 1.00. The molecule has 0 radical (unpaired) electrons. The van der Waals surface area contributed by atoms with Crippen LogP contribution in [0.15, 0.2) is 0 Å². The van der Waals surface area contributed by atoms with Crippen LogP contribution in [0.25, 0.3) is 0 Å². The first kappa shape index (κ1) is 10.4. The molecule has 1 aliphatic carbocycles. The van der Waals surface area contributed by atoms with E-state index < -0.39 is 0 Å². The summed E-state index contributed by atoms with van der Waals surface area (Å²) in [7, 11) is 4.28. The minimum atomic E-state index is 0.309. The predicted octanol–water partition coefficient (Wildman–Crippen LogP) is 0.252. The standard InChI is InChI=1S/C11H22N2O/c1-12(2)5-10-6-13(7-10)8-11(9-14)3-4-11/h10,14H,3-9H2,1-2H3. The third kappa shape index (κ3) is 2.27. The van der Waals surface area contributed by atoms with Crippen LogP contribution in [0.5, 0.6) is 0 Å². The van der Waals surface area contributed by atoms with Gasteiger partial charge in [0.25, 0.3) is 0 Å². The van der Waals surface area contributed by atoms with E-state index in [1.54, 1.807) is 0 Å². The van der Waals surface area contributed by atoms with Crippen molar-refractivity contribution in [1.29, 1.82) is 0 Å². The van der Waals surface area contributed by atoms with E-state index in [2.05, 4.69) is 23.9 Å². The van der Waals surface area contributed by atoms with Crippen LogP contribution < -0.4 is 0 Å². The fourth-order valence-electron chi connectivity index (χ4n) is 2.46. The molecule has 82 valence electrons. The molecule has 1 heterocycles. The maximum atomic E-state index is 9.20. The van der Waals surface area contributed by atoms with E-state index in [0.29, 0.717) is 12.0 Å². The molecule has 1 N–H and O–H groups in total. The van der Waals surface area contributed by atoms with E-state index in [0.717, 1.165) is 12.5 Å². The Bertz CT molecular complexity index is 195. The molecule has 0 atom stereocenters. The lowest BCUT2D eigenvalue weighted by atomic mass is 9.96. The van der Waals surface area contributed by atoms with E-state index in [4.69, 9.17) is 0 Å². The summed E-state index contributed by atoms with van der Waals surface area (Å²) in [5.74, 6) is 0.861. The van der Waals surface area contributed by atoms with Crippen LogP contribution in [0, 0.1) is 11.3 Å². The van der Waals surface area contributed by atoms with Crippen molar-refractivity contribution in [3.63, 3.8) is 0 Å². The zero-order chi connectivity index (χ0) is 10.2. The molecule has 3 heteroatoms. The molecule has 2 aliphatic rings. The van der Waals surface area contributed by atoms with Crippen molar-refractivity contribution in [1.82, 2.24) is 9.80 Å². The lowest BCUT2D eigenvalue weighted by Crippen LogP contribution is -2.52. The number of aliphatic hydroxyl groups excluding tert-OH is 1. The second-order valence-electron chi connectivity index (χ2n) is 5.48. The highest BCUT2D eigenvalue weighted by Gasteiger charge is 2.45. The second kappa shape index (κ2) is 3.80. The maximum Gasteiger partial charge on any atom is 0.0499 e. The lowest BCUT2D eigenvalue weighted by Gasteiger charge is -2.42. The van der Waals surface area contributed by atoms with E-state index in [1.165, 1.54) is 32.5 Å². The molecule has 0 unspecified atom stereocenters. The van der Waals surface area contributed by atoms with Crippen LogP contribution in [0.1, 0.15) is 12.8 Å². The minimum absolute atomic E-state index is 0.309. The van der Waals surface area contributed by atoms with Crippen LogP contribution in [0.3, 0.4) is 0 Å². The van der Waals surface area contributed by atoms with Gasteiger partial charge in [0.1, 0.15) is 0 Å². The highest BCUT2D eigenvalue weighted by Crippen LogP contribution is 2.46. The molecular formula is C11H22N2O. The number of rotatable bonds is 5. The minimum Gasteiger partial charge on any atom is -0.396 e. The molecule has 1 saturated carbocycles. The second-order valence-corrected chi connectivity index (χ2v) is 5.48. The summed E-state index contributed by atoms with van der Waals surface area (Å²) in [5.41, 5.74) is 0.309. The molecule has 14 heavy (non-hydrogen) atoms. The van der Waals surface area contributed by atoms with E-state index in [1.807, 2.05) is 0 Å². The summed E-state index contributed by atoms with van der Waals surface area (Å²) in [6.07, 6.45) is 2.47. The molecule has 0 amide bonds. The smallest absolute Gasteiger partial charge is 0.0499 e. The molecule has 1 saturated heterocycles. The monoisotopic (exact) mass is 198 g/mol. The van der Waals surface area contributed by atoms with Gasteiger partial charge in [-0.2, -0.15) is 0 Å². The van der Waals surface area contributed by atoms with Gasteiger partial charge in [0.05, 0.1) is 0 Å². The quantitative estimate of drug-likeness (QED) is 0.686. The average Bonchev–Trinajstić information content (AvgIpc) is 2.81. The van der Waals surface area contributed by atoms with Crippen LogP contribution in [0.2, 0.25) is 0 Å². The number of hydrogen-bond donors (Lipinski definition) is 1. The Balaban J connectivity index is 1.63. The topological polar surface area (TPSA) is 26.7 Å². The van der Waals surface area contributed by atoms with Gasteiger partial charge >= 0.3 is 0 Å². The fourth-order valence-corrected chi connectivity index (χ4v) is 2.46. The molecule has 0 aromatic heterocycles. The molecule has 2 rings (SSSR count). The van der Waals surface area contributed by atoms with Gasteiger partial charge in [0.15, 0.2) is 0 Å². The van der Waals surface area contributed by atoms with Crippen LogP contribution >= 0.6 is 0 Å². The van der Waals surface area contributed by atoms with Crippen molar-refractivity contribution in [3.8, 4) is 0 Å². The highest BCUT2D eigenvalue weighted by atomic mass is 16.3. The lowest BCUT2D eigenvalue weighted by molar-refractivity contribution is 0.0454. The van der Waals surface area contributed by atoms with Gasteiger partial charge in [-0.05, 0) is 32.9 Å². The Morgan fingerprint density at radius 1 is 1.36 bits per heavy atom. The summed E-state index contributed by atoms with van der Waals surface area (Å²) < 4.78 is 0. The SMILES string of the molecule is CN(C)CC1CN(CC2(CO)CC2)C1. The Labute approximate surface area is 86.7 Å². The Hall–Kier alpha value is -0.120. The summed E-state index contributed by atoms with van der Waals surface area (Å²) in [6, 6.07) is 0. The summed E-state index contributed by atoms with van der Waals surface area (Å²) >= 11 is 0. The number of likely N-dealkylation sites (tertiary alicyclic amines) is 1. The molecule has 0 aromatic rings. The van der Waals surface area contributed by atoms with Crippen molar-refractivity contribution in [3.05, 3.63) is 0 Å². The first-order chi connectivity index (χ1) is 6.63. The zero-order valence-corrected chi connectivity index (χ0v) is 9.37. The molecule has 1 aliphatic heterocycles. The van der Waals surface area contributed by atoms with Crippen molar-refractivity contribution >= 4 is 0 Å². The van der Waals surface area contributed by atoms with Gasteiger partial charge in [-0.15, -0.1) is 0 Å². The first-order valence-electron chi connectivity index (χ1n) is 5.61. The third-order valence-corrected chi connectivity index (χ3v) is 3.51. The summed E-state index contributed by atoms with van der Waals surface area (Å²) in [5, 5.41) is 9.20. The zero-order valence-electron chi connectivity index (χ0n) is 9.37. The Kier molecular flexibility index (Phi) is 2.82. The summed E-state index contributed by atoms with van der Waals surface area (Å²) in [4.78, 5) is 4.76. The van der Waals surface area contributed by atoms with Crippen molar-refractivity contribution < 1.29 is 5.11 Å². The Morgan fingerprint density at radius 3 is 2.43 bits per heavy atom. The maximum absolute atomic E-state index is 9.20. The van der Waals surface area contributed by atoms with Crippen LogP contribution in [-0.4, -0.2) is 61.8 Å². The van der Waals surface area contributed by atoms with Crippen molar-refractivity contribution in [2.24, 2.45) is 11.3 Å². The molecular weight excluding hydrogens is 176 g/mol. The van der Waals surface area contributed by atoms with Crippen molar-refractivity contribution in [2.75, 3.05) is 46.9 Å². The van der Waals surface area contributed by atoms with Gasteiger partial charge in [-0.3, -0.25) is 0 Å². The molecule has 0 aromatic carbocycles. The third-order valence-electron chi connectivity index (χ3n) is 3.51. The normalized spacial score (nSPS) is 26.6. The molecule has 3 nitrogen and oxygen atoms in total. The largest absolute Gasteiger partial charge is 0.396 e. The van der Waals surface area contributed by atoms with Gasteiger partial charge < -0.3 is 14.9 Å². The van der Waals surface area contributed by atoms with Crippen LogP contribution in [-0.2, 0) is 0 Å². The average molecular weight is 198 g/mol. The number of aliphatic hydroxyl groups is 1. The van der Waals surface area contributed by atoms with Gasteiger partial charge in [-0.25, -0.2) is 0 Å². The van der Waals surface area contributed by atoms with Crippen LogP contribution in [0.4, 0.5) is 0 Å². The molecule has 0 spiro atoms. The van der Waals surface area contributed by atoms with Gasteiger partial charge in [0.2, 0.25) is 0 Å². The van der Waals surface area contributed by atoms with E-state index >= 15 is 0 Å². The Morgan fingerprint density at radius 2 is 2.00 bits per heavy atom. The predicted molar refractivity (Wildman–Crippen MR) is 57.2 cm³/mol. The van der Waals surface area contributed by atoms with Gasteiger partial charge in [0, 0.05) is 38.2 Å². The van der Waals surface area contributed by atoms with E-state index in [-0.39, 0.29) is 0 Å².